The quantitative estimate of drug-likeness (QED) is 0.0348. The van der Waals surface area contributed by atoms with Crippen LogP contribution in [0.15, 0.2) is 24.3 Å². The molecule has 0 spiro atoms. The number of esters is 2. The molecule has 0 radical (unpaired) electrons. The number of carbonyl (C=O) groups excluding carboxylic acids is 2. The van der Waals surface area contributed by atoms with E-state index in [9.17, 15) is 23.1 Å². The zero-order chi connectivity index (χ0) is 40.2. The van der Waals surface area contributed by atoms with E-state index in [1.54, 1.807) is 0 Å². The van der Waals surface area contributed by atoms with E-state index in [-0.39, 0.29) is 25.4 Å². The standard InChI is InChI=1S/C44H82O9S.H3N/c1-6-8-10-12-14-16-18-20-22-24-26-28-30-32-34-36-42(46)51-40(3)44(38-39-45,53-54(48,49)50-5)41(4)52-43(47)37-35-33-31-29-27-25-23-21-19-17-15-13-11-9-7-2;/h20-23,40-41,45H,6-19,24-39H2,1-5H3;1H3/b22-20-,23-21-;. The summed E-state index contributed by atoms with van der Waals surface area (Å²) in [6.07, 6.45) is 36.7. The van der Waals surface area contributed by atoms with Crippen molar-refractivity contribution >= 4 is 22.3 Å². The van der Waals surface area contributed by atoms with Crippen molar-refractivity contribution in [3.8, 4) is 0 Å². The maximum Gasteiger partial charge on any atom is 0.400 e. The van der Waals surface area contributed by atoms with E-state index in [4.69, 9.17) is 13.7 Å². The summed E-state index contributed by atoms with van der Waals surface area (Å²) in [6, 6.07) is 0. The molecule has 0 bridgehead atoms. The first-order valence-electron chi connectivity index (χ1n) is 21.9. The first-order valence-corrected chi connectivity index (χ1v) is 23.2. The predicted molar refractivity (Wildman–Crippen MR) is 226 cm³/mol. The second kappa shape index (κ2) is 37.8. The molecule has 4 N–H and O–H groups in total. The van der Waals surface area contributed by atoms with Crippen LogP contribution in [-0.4, -0.2) is 57.0 Å². The van der Waals surface area contributed by atoms with Crippen LogP contribution in [0.2, 0.25) is 0 Å². The van der Waals surface area contributed by atoms with Gasteiger partial charge in [-0.25, -0.2) is 4.18 Å². The molecule has 0 aromatic heterocycles. The van der Waals surface area contributed by atoms with E-state index in [1.165, 1.54) is 90.9 Å². The number of allylic oxidation sites excluding steroid dienone is 4. The summed E-state index contributed by atoms with van der Waals surface area (Å²) in [7, 11) is -3.60. The lowest BCUT2D eigenvalue weighted by Gasteiger charge is -2.40. The fourth-order valence-electron chi connectivity index (χ4n) is 6.70. The van der Waals surface area contributed by atoms with Gasteiger partial charge in [0.2, 0.25) is 0 Å². The maximum atomic E-state index is 12.8. The fraction of sp³-hybridized carbons (Fsp3) is 0.864. The number of unbranched alkanes of at least 4 members (excludes halogenated alkanes) is 22. The molecule has 2 unspecified atom stereocenters. The number of ether oxygens (including phenoxy) is 2. The smallest absolute Gasteiger partial charge is 0.400 e. The van der Waals surface area contributed by atoms with Crippen molar-refractivity contribution in [2.45, 2.75) is 232 Å². The van der Waals surface area contributed by atoms with Crippen LogP contribution in [0.5, 0.6) is 0 Å². The van der Waals surface area contributed by atoms with E-state index in [0.717, 1.165) is 84.2 Å². The second-order valence-corrected chi connectivity index (χ2v) is 16.3. The van der Waals surface area contributed by atoms with Gasteiger partial charge in [-0.05, 0) is 78.1 Å². The Balaban J connectivity index is 0. The molecule has 55 heavy (non-hydrogen) atoms. The SMILES string of the molecule is CCCCCCCC/C=C\CCCCCCCC(=O)OC(C)C(CCO)(OS(=O)(=O)OC)C(C)OC(=O)CCCCCCC/C=C\CCCCCCCC.N. The van der Waals surface area contributed by atoms with Gasteiger partial charge in [-0.3, -0.25) is 13.8 Å². The molecule has 0 aliphatic rings. The molecule has 0 amide bonds. The van der Waals surface area contributed by atoms with Gasteiger partial charge in [0.25, 0.3) is 0 Å². The highest BCUT2D eigenvalue weighted by atomic mass is 32.3. The fourth-order valence-corrected chi connectivity index (χ4v) is 7.51. The van der Waals surface area contributed by atoms with Gasteiger partial charge in [0.05, 0.1) is 7.11 Å². The van der Waals surface area contributed by atoms with Crippen LogP contribution in [0.3, 0.4) is 0 Å². The van der Waals surface area contributed by atoms with Crippen LogP contribution in [0, 0.1) is 0 Å². The van der Waals surface area contributed by atoms with Gasteiger partial charge in [0.15, 0.2) is 5.60 Å². The molecule has 11 heteroatoms. The van der Waals surface area contributed by atoms with E-state index in [1.807, 2.05) is 0 Å². The third-order valence-electron chi connectivity index (χ3n) is 10.2. The van der Waals surface area contributed by atoms with Crippen LogP contribution in [0.25, 0.3) is 0 Å². The second-order valence-electron chi connectivity index (χ2n) is 15.0. The topological polar surface area (TPSA) is 160 Å². The number of hydrogen-bond donors (Lipinski definition) is 2. The summed E-state index contributed by atoms with van der Waals surface area (Å²) in [6.45, 7) is 6.97. The van der Waals surface area contributed by atoms with Crippen molar-refractivity contribution in [3.05, 3.63) is 24.3 Å². The zero-order valence-electron chi connectivity index (χ0n) is 36.0. The number of hydrogen-bond acceptors (Lipinski definition) is 10. The van der Waals surface area contributed by atoms with Gasteiger partial charge < -0.3 is 20.7 Å². The minimum atomic E-state index is -4.55. The van der Waals surface area contributed by atoms with Gasteiger partial charge in [-0.15, -0.1) is 0 Å². The highest BCUT2D eigenvalue weighted by Gasteiger charge is 2.50. The molecule has 0 saturated heterocycles. The van der Waals surface area contributed by atoms with Crippen molar-refractivity contribution in [3.63, 3.8) is 0 Å². The van der Waals surface area contributed by atoms with Crippen molar-refractivity contribution in [2.24, 2.45) is 0 Å². The summed E-state index contributed by atoms with van der Waals surface area (Å²) >= 11 is 0. The van der Waals surface area contributed by atoms with Gasteiger partial charge in [0, 0.05) is 25.9 Å². The summed E-state index contributed by atoms with van der Waals surface area (Å²) in [5.74, 6) is -1.01. The molecule has 0 aliphatic carbocycles. The summed E-state index contributed by atoms with van der Waals surface area (Å²) in [5, 5.41) is 9.94. The Kier molecular flexibility index (Phi) is 38.0. The maximum absolute atomic E-state index is 12.8. The Hall–Kier alpha value is -1.79. The van der Waals surface area contributed by atoms with E-state index < -0.39 is 46.8 Å². The minimum Gasteiger partial charge on any atom is -0.459 e. The van der Waals surface area contributed by atoms with Gasteiger partial charge >= 0.3 is 22.3 Å². The van der Waals surface area contributed by atoms with E-state index >= 15 is 0 Å². The van der Waals surface area contributed by atoms with Crippen molar-refractivity contribution in [1.29, 1.82) is 0 Å². The molecule has 0 saturated carbocycles. The van der Waals surface area contributed by atoms with Crippen LogP contribution in [-0.2, 0) is 37.8 Å². The van der Waals surface area contributed by atoms with Crippen molar-refractivity contribution in [2.75, 3.05) is 13.7 Å². The molecule has 0 aliphatic heterocycles. The Morgan fingerprint density at radius 1 is 0.564 bits per heavy atom. The van der Waals surface area contributed by atoms with Gasteiger partial charge in [-0.2, -0.15) is 8.42 Å². The minimum absolute atomic E-state index is 0. The monoisotopic (exact) mass is 804 g/mol. The average molecular weight is 804 g/mol. The van der Waals surface area contributed by atoms with Crippen LogP contribution in [0.4, 0.5) is 0 Å². The number of carbonyl (C=O) groups is 2. The van der Waals surface area contributed by atoms with E-state index in [2.05, 4.69) is 42.3 Å². The summed E-state index contributed by atoms with van der Waals surface area (Å²) in [5.41, 5.74) is -1.87. The lowest BCUT2D eigenvalue weighted by Crippen LogP contribution is -2.56. The number of aliphatic hydroxyl groups is 1. The normalized spacial score (nSPS) is 14.1. The molecule has 0 fully saturated rings. The summed E-state index contributed by atoms with van der Waals surface area (Å²) in [4.78, 5) is 25.7. The summed E-state index contributed by atoms with van der Waals surface area (Å²) < 4.78 is 46.3. The molecular weight excluding hydrogens is 719 g/mol. The van der Waals surface area contributed by atoms with E-state index in [0.29, 0.717) is 12.8 Å². The third kappa shape index (κ3) is 31.0. The Morgan fingerprint density at radius 2 is 0.873 bits per heavy atom. The predicted octanol–water partition coefficient (Wildman–Crippen LogP) is 12.1. The average Bonchev–Trinajstić information content (AvgIpc) is 3.14. The largest absolute Gasteiger partial charge is 0.459 e. The van der Waals surface area contributed by atoms with Crippen LogP contribution in [0.1, 0.15) is 214 Å². The molecule has 0 aromatic rings. The lowest BCUT2D eigenvalue weighted by atomic mass is 9.88. The lowest BCUT2D eigenvalue weighted by molar-refractivity contribution is -0.188. The Morgan fingerprint density at radius 3 is 1.18 bits per heavy atom. The Labute approximate surface area is 338 Å². The molecular formula is C44H85NO9S. The van der Waals surface area contributed by atoms with Gasteiger partial charge in [-0.1, -0.05) is 141 Å². The van der Waals surface area contributed by atoms with Crippen molar-refractivity contribution in [1.82, 2.24) is 6.15 Å². The highest BCUT2D eigenvalue weighted by molar-refractivity contribution is 7.81. The molecule has 0 heterocycles. The Bertz CT molecular complexity index is 1000. The third-order valence-corrected chi connectivity index (χ3v) is 11.2. The number of rotatable bonds is 39. The zero-order valence-corrected chi connectivity index (χ0v) is 36.8. The van der Waals surface area contributed by atoms with Crippen LogP contribution >= 0.6 is 0 Å². The van der Waals surface area contributed by atoms with Crippen molar-refractivity contribution < 1.29 is 41.0 Å². The number of aliphatic hydroxyl groups excluding tert-OH is 1. The first kappa shape index (κ1) is 55.3. The molecule has 2 atom stereocenters. The highest BCUT2D eigenvalue weighted by Crippen LogP contribution is 2.33. The molecule has 0 rings (SSSR count). The van der Waals surface area contributed by atoms with Crippen LogP contribution < -0.4 is 6.15 Å². The molecule has 10 nitrogen and oxygen atoms in total. The van der Waals surface area contributed by atoms with Gasteiger partial charge in [0.1, 0.15) is 12.2 Å². The first-order chi connectivity index (χ1) is 26.1. The molecule has 326 valence electrons. The molecule has 0 aromatic carbocycles.